The number of nitrogens with zero attached hydrogens (tertiary/aromatic N) is 5. The summed E-state index contributed by atoms with van der Waals surface area (Å²) in [6, 6.07) is 0. The van der Waals surface area contributed by atoms with Crippen LogP contribution < -0.4 is 15.8 Å². The topological polar surface area (TPSA) is 68.0 Å². The molecule has 1 aliphatic rings. The number of imidazole rings is 1. The molecule has 20 heavy (non-hydrogen) atoms. The van der Waals surface area contributed by atoms with Crippen molar-refractivity contribution in [1.82, 2.24) is 24.6 Å². The maximum absolute atomic E-state index is 12.4. The number of piperazine rings is 1. The van der Waals surface area contributed by atoms with Crippen LogP contribution in [0.15, 0.2) is 4.79 Å². The van der Waals surface area contributed by atoms with Crippen LogP contribution in [0, 0.1) is 6.92 Å². The standard InChI is InChI=1S/C13H20N6O/c1-4-19-11-10(9(2)16-17(3)12(11)20)15-13(19)18-7-5-14-6-8-18/h14H,4-8H2,1-3H3. The van der Waals surface area contributed by atoms with Crippen LogP contribution >= 0.6 is 0 Å². The minimum atomic E-state index is -0.0821. The number of fused-ring (bicyclic) bond motifs is 1. The van der Waals surface area contributed by atoms with Gasteiger partial charge in [-0.25, -0.2) is 9.67 Å². The summed E-state index contributed by atoms with van der Waals surface area (Å²) < 4.78 is 3.41. The Labute approximate surface area is 117 Å². The summed E-state index contributed by atoms with van der Waals surface area (Å²) >= 11 is 0. The summed E-state index contributed by atoms with van der Waals surface area (Å²) in [5.41, 5.74) is 2.10. The van der Waals surface area contributed by atoms with Gasteiger partial charge in [0.2, 0.25) is 5.95 Å². The Kier molecular flexibility index (Phi) is 3.21. The zero-order chi connectivity index (χ0) is 14.3. The molecule has 1 fully saturated rings. The second kappa shape index (κ2) is 4.90. The first-order valence-corrected chi connectivity index (χ1v) is 7.03. The van der Waals surface area contributed by atoms with E-state index in [0.717, 1.165) is 49.9 Å². The van der Waals surface area contributed by atoms with Crippen molar-refractivity contribution in [3.05, 3.63) is 16.0 Å². The maximum atomic E-state index is 12.4. The van der Waals surface area contributed by atoms with E-state index in [2.05, 4.69) is 15.3 Å². The van der Waals surface area contributed by atoms with Gasteiger partial charge in [0.05, 0.1) is 5.69 Å². The van der Waals surface area contributed by atoms with Crippen LogP contribution in [-0.4, -0.2) is 45.5 Å². The van der Waals surface area contributed by atoms with E-state index in [4.69, 9.17) is 4.98 Å². The number of rotatable bonds is 2. The minimum Gasteiger partial charge on any atom is -0.340 e. The van der Waals surface area contributed by atoms with Gasteiger partial charge in [-0.2, -0.15) is 5.10 Å². The van der Waals surface area contributed by atoms with E-state index in [0.29, 0.717) is 5.52 Å². The lowest BCUT2D eigenvalue weighted by Crippen LogP contribution is -2.44. The van der Waals surface area contributed by atoms with E-state index in [1.807, 2.05) is 18.4 Å². The van der Waals surface area contributed by atoms with Gasteiger partial charge in [-0.05, 0) is 13.8 Å². The van der Waals surface area contributed by atoms with Gasteiger partial charge in [-0.3, -0.25) is 4.79 Å². The second-order valence-electron chi connectivity index (χ2n) is 5.10. The molecular formula is C13H20N6O. The van der Waals surface area contributed by atoms with E-state index in [1.165, 1.54) is 4.68 Å². The highest BCUT2D eigenvalue weighted by Crippen LogP contribution is 2.21. The molecule has 3 heterocycles. The predicted octanol–water partition coefficient (Wildman–Crippen LogP) is -0.132. The molecule has 1 N–H and O–H groups in total. The average Bonchev–Trinajstić information content (AvgIpc) is 2.86. The number of aryl methyl sites for hydroxylation is 3. The third kappa shape index (κ3) is 1.89. The van der Waals surface area contributed by atoms with Crippen molar-refractivity contribution >= 4 is 17.0 Å². The Morgan fingerprint density at radius 1 is 1.30 bits per heavy atom. The van der Waals surface area contributed by atoms with Crippen molar-refractivity contribution in [3.63, 3.8) is 0 Å². The van der Waals surface area contributed by atoms with Crippen molar-refractivity contribution in [1.29, 1.82) is 0 Å². The lowest BCUT2D eigenvalue weighted by Gasteiger charge is -2.28. The maximum Gasteiger partial charge on any atom is 0.292 e. The monoisotopic (exact) mass is 276 g/mol. The van der Waals surface area contributed by atoms with Gasteiger partial charge in [-0.1, -0.05) is 0 Å². The second-order valence-corrected chi connectivity index (χ2v) is 5.10. The normalized spacial score (nSPS) is 16.1. The molecule has 0 saturated carbocycles. The summed E-state index contributed by atoms with van der Waals surface area (Å²) in [4.78, 5) is 19.3. The molecule has 1 saturated heterocycles. The van der Waals surface area contributed by atoms with E-state index in [-0.39, 0.29) is 5.56 Å². The number of hydrogen-bond acceptors (Lipinski definition) is 5. The fraction of sp³-hybridized carbons (Fsp3) is 0.615. The highest BCUT2D eigenvalue weighted by atomic mass is 16.1. The van der Waals surface area contributed by atoms with Crippen molar-refractivity contribution in [2.45, 2.75) is 20.4 Å². The number of anilines is 1. The van der Waals surface area contributed by atoms with Gasteiger partial charge in [-0.15, -0.1) is 0 Å². The van der Waals surface area contributed by atoms with E-state index in [9.17, 15) is 4.79 Å². The third-order valence-electron chi connectivity index (χ3n) is 3.80. The van der Waals surface area contributed by atoms with E-state index in [1.54, 1.807) is 7.05 Å². The lowest BCUT2D eigenvalue weighted by atomic mass is 10.3. The molecule has 7 nitrogen and oxygen atoms in total. The molecule has 0 aliphatic carbocycles. The van der Waals surface area contributed by atoms with Crippen LogP contribution in [0.2, 0.25) is 0 Å². The summed E-state index contributed by atoms with van der Waals surface area (Å²) in [5.74, 6) is 0.886. The molecule has 2 aromatic rings. The molecule has 0 spiro atoms. The van der Waals surface area contributed by atoms with E-state index < -0.39 is 0 Å². The van der Waals surface area contributed by atoms with Crippen molar-refractivity contribution < 1.29 is 0 Å². The molecule has 108 valence electrons. The number of aromatic nitrogens is 4. The molecule has 3 rings (SSSR count). The minimum absolute atomic E-state index is 0.0821. The van der Waals surface area contributed by atoms with Crippen LogP contribution in [0.5, 0.6) is 0 Å². The molecule has 0 bridgehead atoms. The van der Waals surface area contributed by atoms with Gasteiger partial charge < -0.3 is 14.8 Å². The predicted molar refractivity (Wildman–Crippen MR) is 78.3 cm³/mol. The largest absolute Gasteiger partial charge is 0.340 e. The molecule has 0 amide bonds. The first-order valence-electron chi connectivity index (χ1n) is 7.03. The van der Waals surface area contributed by atoms with Crippen molar-refractivity contribution in [2.24, 2.45) is 7.05 Å². The zero-order valence-electron chi connectivity index (χ0n) is 12.2. The van der Waals surface area contributed by atoms with Crippen LogP contribution in [0.3, 0.4) is 0 Å². The molecular weight excluding hydrogens is 256 g/mol. The van der Waals surface area contributed by atoms with E-state index >= 15 is 0 Å². The first kappa shape index (κ1) is 13.1. The Balaban J connectivity index is 2.25. The van der Waals surface area contributed by atoms with Crippen molar-refractivity contribution in [3.8, 4) is 0 Å². The quantitative estimate of drug-likeness (QED) is 0.827. The Hall–Kier alpha value is -1.89. The van der Waals surface area contributed by atoms with Gasteiger partial charge >= 0.3 is 0 Å². The van der Waals surface area contributed by atoms with Crippen LogP contribution in [-0.2, 0) is 13.6 Å². The molecule has 0 unspecified atom stereocenters. The summed E-state index contributed by atoms with van der Waals surface area (Å²) in [5, 5.41) is 7.56. The lowest BCUT2D eigenvalue weighted by molar-refractivity contribution is 0.569. The smallest absolute Gasteiger partial charge is 0.292 e. The fourth-order valence-corrected chi connectivity index (χ4v) is 2.79. The Bertz CT molecular complexity index is 695. The summed E-state index contributed by atoms with van der Waals surface area (Å²) in [6.45, 7) is 8.39. The molecule has 1 aliphatic heterocycles. The zero-order valence-corrected chi connectivity index (χ0v) is 12.2. The molecule has 0 radical (unpaired) electrons. The highest BCUT2D eigenvalue weighted by Gasteiger charge is 2.21. The fourth-order valence-electron chi connectivity index (χ4n) is 2.79. The molecule has 2 aromatic heterocycles. The van der Waals surface area contributed by atoms with Crippen LogP contribution in [0.4, 0.5) is 5.95 Å². The van der Waals surface area contributed by atoms with Gasteiger partial charge in [0.15, 0.2) is 0 Å². The van der Waals surface area contributed by atoms with Crippen LogP contribution in [0.1, 0.15) is 12.6 Å². The molecule has 0 atom stereocenters. The van der Waals surface area contributed by atoms with Gasteiger partial charge in [0, 0.05) is 39.8 Å². The molecule has 7 heteroatoms. The van der Waals surface area contributed by atoms with Gasteiger partial charge in [0.1, 0.15) is 11.0 Å². The highest BCUT2D eigenvalue weighted by molar-refractivity contribution is 5.79. The summed E-state index contributed by atoms with van der Waals surface area (Å²) in [6.07, 6.45) is 0. The Morgan fingerprint density at radius 2 is 2.00 bits per heavy atom. The van der Waals surface area contributed by atoms with Crippen molar-refractivity contribution in [2.75, 3.05) is 31.1 Å². The SMILES string of the molecule is CCn1c(N2CCNCC2)nc2c(C)nn(C)c(=O)c21. The number of hydrogen-bond donors (Lipinski definition) is 1. The van der Waals surface area contributed by atoms with Crippen LogP contribution in [0.25, 0.3) is 11.0 Å². The summed E-state index contributed by atoms with van der Waals surface area (Å²) in [7, 11) is 1.69. The average molecular weight is 276 g/mol. The Morgan fingerprint density at radius 3 is 2.65 bits per heavy atom. The third-order valence-corrected chi connectivity index (χ3v) is 3.80. The molecule has 0 aromatic carbocycles. The van der Waals surface area contributed by atoms with Gasteiger partial charge in [0.25, 0.3) is 5.56 Å². The number of nitrogens with one attached hydrogen (secondary N) is 1. The first-order chi connectivity index (χ1) is 9.63.